The maximum Gasteiger partial charge on any atom is 0.323 e. The second-order valence-electron chi connectivity index (χ2n) is 7.74. The number of carbonyl (C=O) groups is 1. The molecule has 1 aromatic rings. The molecule has 1 fully saturated rings. The Morgan fingerprint density at radius 3 is 2.28 bits per heavy atom. The SMILES string of the molecule is CC(C)N(CCN1CCN(C(C)(C)C(=O)O)CC1)Cc1ccccc1. The highest BCUT2D eigenvalue weighted by Gasteiger charge is 2.36. The van der Waals surface area contributed by atoms with Crippen molar-refractivity contribution in [3.8, 4) is 0 Å². The maximum atomic E-state index is 11.4. The van der Waals surface area contributed by atoms with Crippen LogP contribution in [0.4, 0.5) is 0 Å². The number of hydrogen-bond acceptors (Lipinski definition) is 4. The summed E-state index contributed by atoms with van der Waals surface area (Å²) in [5, 5.41) is 9.37. The van der Waals surface area contributed by atoms with Gasteiger partial charge in [-0.25, -0.2) is 0 Å². The average Bonchev–Trinajstić information content (AvgIpc) is 2.59. The van der Waals surface area contributed by atoms with Gasteiger partial charge in [-0.2, -0.15) is 0 Å². The first-order valence-electron chi connectivity index (χ1n) is 9.29. The Bertz CT molecular complexity index is 537. The number of hydrogen-bond donors (Lipinski definition) is 1. The lowest BCUT2D eigenvalue weighted by molar-refractivity contribution is -0.150. The van der Waals surface area contributed by atoms with Crippen molar-refractivity contribution in [2.75, 3.05) is 39.3 Å². The van der Waals surface area contributed by atoms with E-state index in [4.69, 9.17) is 0 Å². The van der Waals surface area contributed by atoms with Gasteiger partial charge >= 0.3 is 5.97 Å². The highest BCUT2D eigenvalue weighted by molar-refractivity contribution is 5.77. The van der Waals surface area contributed by atoms with E-state index in [-0.39, 0.29) is 0 Å². The number of benzene rings is 1. The number of piperazine rings is 1. The van der Waals surface area contributed by atoms with Gasteiger partial charge < -0.3 is 5.11 Å². The summed E-state index contributed by atoms with van der Waals surface area (Å²) in [6.07, 6.45) is 0. The van der Waals surface area contributed by atoms with Gasteiger partial charge in [0.25, 0.3) is 0 Å². The van der Waals surface area contributed by atoms with E-state index in [0.29, 0.717) is 6.04 Å². The van der Waals surface area contributed by atoms with Crippen molar-refractivity contribution >= 4 is 5.97 Å². The lowest BCUT2D eigenvalue weighted by Gasteiger charge is -2.42. The second kappa shape index (κ2) is 8.79. The van der Waals surface area contributed by atoms with Crippen molar-refractivity contribution in [2.45, 2.75) is 45.8 Å². The largest absolute Gasteiger partial charge is 0.480 e. The van der Waals surface area contributed by atoms with Gasteiger partial charge in [-0.15, -0.1) is 0 Å². The van der Waals surface area contributed by atoms with Crippen molar-refractivity contribution in [3.05, 3.63) is 35.9 Å². The van der Waals surface area contributed by atoms with E-state index in [0.717, 1.165) is 45.8 Å². The van der Waals surface area contributed by atoms with Crippen LogP contribution in [0.5, 0.6) is 0 Å². The molecule has 1 aromatic carbocycles. The molecule has 0 amide bonds. The number of rotatable bonds is 8. The third-order valence-corrected chi connectivity index (χ3v) is 5.35. The van der Waals surface area contributed by atoms with E-state index >= 15 is 0 Å². The van der Waals surface area contributed by atoms with Gasteiger partial charge in [0.1, 0.15) is 5.54 Å². The summed E-state index contributed by atoms with van der Waals surface area (Å²) >= 11 is 0. The van der Waals surface area contributed by atoms with Crippen LogP contribution < -0.4 is 0 Å². The molecule has 0 aromatic heterocycles. The van der Waals surface area contributed by atoms with Crippen molar-refractivity contribution in [1.82, 2.24) is 14.7 Å². The Kier molecular flexibility index (Phi) is 6.99. The van der Waals surface area contributed by atoms with Gasteiger partial charge in [0, 0.05) is 51.9 Å². The van der Waals surface area contributed by atoms with Gasteiger partial charge in [-0.3, -0.25) is 19.5 Å². The Morgan fingerprint density at radius 2 is 1.76 bits per heavy atom. The van der Waals surface area contributed by atoms with Gasteiger partial charge in [-0.05, 0) is 33.3 Å². The summed E-state index contributed by atoms with van der Waals surface area (Å²) in [6.45, 7) is 14.6. The minimum atomic E-state index is -0.774. The zero-order chi connectivity index (χ0) is 18.4. The van der Waals surface area contributed by atoms with Gasteiger partial charge in [-0.1, -0.05) is 30.3 Å². The van der Waals surface area contributed by atoms with Crippen LogP contribution in [0.1, 0.15) is 33.3 Å². The first-order chi connectivity index (χ1) is 11.8. The monoisotopic (exact) mass is 347 g/mol. The minimum absolute atomic E-state index is 0.507. The molecule has 0 saturated carbocycles. The Balaban J connectivity index is 1.81. The van der Waals surface area contributed by atoms with Crippen LogP contribution in [0.3, 0.4) is 0 Å². The van der Waals surface area contributed by atoms with Crippen molar-refractivity contribution in [1.29, 1.82) is 0 Å². The highest BCUT2D eigenvalue weighted by Crippen LogP contribution is 2.17. The molecule has 0 radical (unpaired) electrons. The second-order valence-corrected chi connectivity index (χ2v) is 7.74. The molecule has 2 rings (SSSR count). The maximum absolute atomic E-state index is 11.4. The molecule has 1 aliphatic rings. The lowest BCUT2D eigenvalue weighted by atomic mass is 10.0. The van der Waals surface area contributed by atoms with E-state index in [9.17, 15) is 9.90 Å². The fourth-order valence-electron chi connectivity index (χ4n) is 3.27. The number of aliphatic carboxylic acids is 1. The standard InChI is InChI=1S/C20H33N3O2/c1-17(2)22(16-18-8-6-5-7-9-18)13-10-21-11-14-23(15-12-21)20(3,4)19(24)25/h5-9,17H,10-16H2,1-4H3,(H,24,25). The minimum Gasteiger partial charge on any atom is -0.480 e. The molecule has 0 spiro atoms. The summed E-state index contributed by atoms with van der Waals surface area (Å²) in [7, 11) is 0. The number of nitrogens with zero attached hydrogens (tertiary/aromatic N) is 3. The Labute approximate surface area is 152 Å². The van der Waals surface area contributed by atoms with Crippen molar-refractivity contribution < 1.29 is 9.90 Å². The van der Waals surface area contributed by atoms with Gasteiger partial charge in [0.05, 0.1) is 0 Å². The molecular weight excluding hydrogens is 314 g/mol. The van der Waals surface area contributed by atoms with Crippen molar-refractivity contribution in [3.63, 3.8) is 0 Å². The number of carboxylic acids is 1. The molecule has 0 unspecified atom stereocenters. The molecule has 5 heteroatoms. The molecule has 1 heterocycles. The molecular formula is C20H33N3O2. The van der Waals surface area contributed by atoms with Crippen LogP contribution in [0.2, 0.25) is 0 Å². The van der Waals surface area contributed by atoms with Crippen LogP contribution in [-0.2, 0) is 11.3 Å². The van der Waals surface area contributed by atoms with Crippen LogP contribution in [-0.4, -0.2) is 76.6 Å². The zero-order valence-corrected chi connectivity index (χ0v) is 16.1. The topological polar surface area (TPSA) is 47.0 Å². The third-order valence-electron chi connectivity index (χ3n) is 5.35. The van der Waals surface area contributed by atoms with E-state index in [2.05, 4.69) is 58.9 Å². The van der Waals surface area contributed by atoms with Crippen LogP contribution in [0.25, 0.3) is 0 Å². The van der Waals surface area contributed by atoms with Crippen LogP contribution in [0.15, 0.2) is 30.3 Å². The molecule has 5 nitrogen and oxygen atoms in total. The lowest BCUT2D eigenvalue weighted by Crippen LogP contribution is -2.58. The Hall–Kier alpha value is -1.43. The summed E-state index contributed by atoms with van der Waals surface area (Å²) < 4.78 is 0. The zero-order valence-electron chi connectivity index (χ0n) is 16.1. The molecule has 0 aliphatic carbocycles. The molecule has 1 N–H and O–H groups in total. The molecule has 140 valence electrons. The van der Waals surface area contributed by atoms with Crippen molar-refractivity contribution in [2.24, 2.45) is 0 Å². The molecule has 0 bridgehead atoms. The normalized spacial score (nSPS) is 17.4. The predicted molar refractivity (Wildman–Crippen MR) is 102 cm³/mol. The molecule has 1 saturated heterocycles. The molecule has 1 aliphatic heterocycles. The first-order valence-corrected chi connectivity index (χ1v) is 9.29. The van der Waals surface area contributed by atoms with E-state index < -0.39 is 11.5 Å². The van der Waals surface area contributed by atoms with E-state index in [1.54, 1.807) is 13.8 Å². The van der Waals surface area contributed by atoms with Gasteiger partial charge in [0.2, 0.25) is 0 Å². The van der Waals surface area contributed by atoms with E-state index in [1.807, 2.05) is 0 Å². The fourth-order valence-corrected chi connectivity index (χ4v) is 3.27. The molecule has 0 atom stereocenters. The highest BCUT2D eigenvalue weighted by atomic mass is 16.4. The summed E-state index contributed by atoms with van der Waals surface area (Å²) in [4.78, 5) is 18.4. The Morgan fingerprint density at radius 1 is 1.16 bits per heavy atom. The molecule has 25 heavy (non-hydrogen) atoms. The van der Waals surface area contributed by atoms with E-state index in [1.165, 1.54) is 5.56 Å². The predicted octanol–water partition coefficient (Wildman–Crippen LogP) is 2.38. The van der Waals surface area contributed by atoms with Gasteiger partial charge in [0.15, 0.2) is 0 Å². The van der Waals surface area contributed by atoms with Crippen LogP contribution in [0, 0.1) is 0 Å². The first kappa shape index (κ1) is 19.9. The summed E-state index contributed by atoms with van der Waals surface area (Å²) in [5.41, 5.74) is 0.577. The summed E-state index contributed by atoms with van der Waals surface area (Å²) in [5.74, 6) is -0.741. The third kappa shape index (κ3) is 5.53. The number of carboxylic acid groups (broad SMARTS) is 1. The summed E-state index contributed by atoms with van der Waals surface area (Å²) in [6, 6.07) is 11.1. The van der Waals surface area contributed by atoms with Crippen LogP contribution >= 0.6 is 0 Å². The quantitative estimate of drug-likeness (QED) is 0.782. The fraction of sp³-hybridized carbons (Fsp3) is 0.650. The smallest absolute Gasteiger partial charge is 0.323 e. The average molecular weight is 348 g/mol.